The molecule has 0 spiro atoms. The Morgan fingerprint density at radius 2 is 2.00 bits per heavy atom. The van der Waals surface area contributed by atoms with E-state index in [0.29, 0.717) is 28.9 Å². The predicted molar refractivity (Wildman–Crippen MR) is 107 cm³/mol. The molecule has 0 fully saturated rings. The summed E-state index contributed by atoms with van der Waals surface area (Å²) in [7, 11) is 0. The van der Waals surface area contributed by atoms with Gasteiger partial charge in [0.1, 0.15) is 0 Å². The van der Waals surface area contributed by atoms with E-state index in [-0.39, 0.29) is 5.78 Å². The standard InChI is InChI=1S/C23H18N4O/c1-16-5-8-18(9-6-16)23(28)22-4-2-3-11-27(22)15-19-14-25-21-12-17(13-24)7-10-20(21)26-19/h3-12,14H,2,15H2,1H3. The lowest BCUT2D eigenvalue weighted by Crippen LogP contribution is -2.24. The van der Waals surface area contributed by atoms with E-state index < -0.39 is 0 Å². The highest BCUT2D eigenvalue weighted by molar-refractivity contribution is 6.08. The number of carbonyl (C=O) groups excluding carboxylic acids is 1. The van der Waals surface area contributed by atoms with E-state index in [9.17, 15) is 4.79 Å². The van der Waals surface area contributed by atoms with E-state index in [1.165, 1.54) is 0 Å². The van der Waals surface area contributed by atoms with Crippen molar-refractivity contribution in [2.24, 2.45) is 0 Å². The summed E-state index contributed by atoms with van der Waals surface area (Å²) >= 11 is 0. The third-order valence-corrected chi connectivity index (χ3v) is 4.64. The lowest BCUT2D eigenvalue weighted by Gasteiger charge is -2.25. The summed E-state index contributed by atoms with van der Waals surface area (Å²) in [6.07, 6.45) is 8.30. The first kappa shape index (κ1) is 17.6. The third-order valence-electron chi connectivity index (χ3n) is 4.64. The number of rotatable bonds is 4. The van der Waals surface area contributed by atoms with Crippen LogP contribution in [0.3, 0.4) is 0 Å². The Hall–Kier alpha value is -3.78. The van der Waals surface area contributed by atoms with Crippen molar-refractivity contribution in [1.82, 2.24) is 14.9 Å². The molecule has 0 bridgehead atoms. The zero-order valence-electron chi connectivity index (χ0n) is 15.5. The Bertz CT molecular complexity index is 1150. The normalized spacial score (nSPS) is 13.3. The van der Waals surface area contributed by atoms with E-state index in [2.05, 4.69) is 16.0 Å². The number of hydrogen-bond donors (Lipinski definition) is 0. The number of benzene rings is 2. The Balaban J connectivity index is 1.59. The number of nitrogens with zero attached hydrogens (tertiary/aromatic N) is 4. The van der Waals surface area contributed by atoms with Crippen LogP contribution in [0.2, 0.25) is 0 Å². The van der Waals surface area contributed by atoms with Crippen molar-refractivity contribution in [2.75, 3.05) is 0 Å². The summed E-state index contributed by atoms with van der Waals surface area (Å²) in [5.74, 6) is -0.00300. The van der Waals surface area contributed by atoms with Gasteiger partial charge in [0.25, 0.3) is 0 Å². The molecule has 5 nitrogen and oxygen atoms in total. The van der Waals surface area contributed by atoms with Crippen LogP contribution in [0, 0.1) is 18.3 Å². The highest BCUT2D eigenvalue weighted by Gasteiger charge is 2.20. The number of allylic oxidation sites excluding steroid dienone is 3. The Morgan fingerprint density at radius 1 is 1.18 bits per heavy atom. The van der Waals surface area contributed by atoms with E-state index in [0.717, 1.165) is 23.2 Å². The van der Waals surface area contributed by atoms with Gasteiger partial charge in [0, 0.05) is 11.8 Å². The molecule has 5 heteroatoms. The van der Waals surface area contributed by atoms with Crippen LogP contribution in [-0.4, -0.2) is 20.7 Å². The largest absolute Gasteiger partial charge is 0.339 e. The van der Waals surface area contributed by atoms with Crippen LogP contribution >= 0.6 is 0 Å². The maximum Gasteiger partial charge on any atom is 0.209 e. The third kappa shape index (κ3) is 3.53. The lowest BCUT2D eigenvalue weighted by atomic mass is 10.0. The molecule has 0 aliphatic carbocycles. The van der Waals surface area contributed by atoms with Crippen molar-refractivity contribution in [3.8, 4) is 6.07 Å². The van der Waals surface area contributed by atoms with Gasteiger partial charge in [0.15, 0.2) is 0 Å². The Morgan fingerprint density at radius 3 is 2.79 bits per heavy atom. The average Bonchev–Trinajstić information content (AvgIpc) is 2.74. The second kappa shape index (κ2) is 7.45. The minimum absolute atomic E-state index is 0.00300. The van der Waals surface area contributed by atoms with Gasteiger partial charge in [-0.1, -0.05) is 42.0 Å². The highest BCUT2D eigenvalue weighted by Crippen LogP contribution is 2.21. The van der Waals surface area contributed by atoms with E-state index in [1.807, 2.05) is 54.4 Å². The van der Waals surface area contributed by atoms with Crippen molar-refractivity contribution >= 4 is 16.8 Å². The molecule has 1 aromatic heterocycles. The van der Waals surface area contributed by atoms with Gasteiger partial charge in [-0.2, -0.15) is 5.26 Å². The fourth-order valence-electron chi connectivity index (χ4n) is 3.15. The van der Waals surface area contributed by atoms with Crippen LogP contribution in [0.15, 0.2) is 72.7 Å². The van der Waals surface area contributed by atoms with Gasteiger partial charge in [-0.25, -0.2) is 4.98 Å². The number of hydrogen-bond acceptors (Lipinski definition) is 5. The van der Waals surface area contributed by atoms with E-state index in [1.54, 1.807) is 24.4 Å². The average molecular weight is 366 g/mol. The molecule has 0 saturated heterocycles. The molecule has 0 unspecified atom stereocenters. The fraction of sp³-hybridized carbons (Fsp3) is 0.130. The molecule has 4 rings (SSSR count). The van der Waals surface area contributed by atoms with Gasteiger partial charge in [-0.15, -0.1) is 0 Å². The van der Waals surface area contributed by atoms with Gasteiger partial charge in [0.05, 0.1) is 46.8 Å². The maximum atomic E-state index is 13.0. The Labute approximate surface area is 163 Å². The first-order chi connectivity index (χ1) is 13.6. The van der Waals surface area contributed by atoms with Crippen molar-refractivity contribution < 1.29 is 4.79 Å². The highest BCUT2D eigenvalue weighted by atomic mass is 16.1. The number of Topliss-reactive ketones (excluding diaryl/α,β-unsaturated/α-hetero) is 1. The van der Waals surface area contributed by atoms with Crippen LogP contribution in [0.1, 0.15) is 33.6 Å². The summed E-state index contributed by atoms with van der Waals surface area (Å²) < 4.78 is 0. The second-order valence-corrected chi connectivity index (χ2v) is 6.71. The van der Waals surface area contributed by atoms with Gasteiger partial charge >= 0.3 is 0 Å². The van der Waals surface area contributed by atoms with Crippen LogP contribution < -0.4 is 0 Å². The van der Waals surface area contributed by atoms with Crippen molar-refractivity contribution in [1.29, 1.82) is 5.26 Å². The smallest absolute Gasteiger partial charge is 0.209 e. The Kier molecular flexibility index (Phi) is 4.69. The number of carbonyl (C=O) groups is 1. The monoisotopic (exact) mass is 366 g/mol. The van der Waals surface area contributed by atoms with Crippen LogP contribution in [0.4, 0.5) is 0 Å². The summed E-state index contributed by atoms with van der Waals surface area (Å²) in [6, 6.07) is 15.0. The maximum absolute atomic E-state index is 13.0. The minimum atomic E-state index is -0.00300. The molecule has 0 amide bonds. The topological polar surface area (TPSA) is 69.9 Å². The lowest BCUT2D eigenvalue weighted by molar-refractivity contribution is 0.1000. The first-order valence-electron chi connectivity index (χ1n) is 9.04. The molecule has 2 heterocycles. The van der Waals surface area contributed by atoms with Crippen LogP contribution in [0.5, 0.6) is 0 Å². The number of fused-ring (bicyclic) bond motifs is 1. The van der Waals surface area contributed by atoms with Crippen molar-refractivity contribution in [3.05, 3.63) is 95.1 Å². The second-order valence-electron chi connectivity index (χ2n) is 6.71. The summed E-state index contributed by atoms with van der Waals surface area (Å²) in [6.45, 7) is 2.45. The number of ketones is 1. The summed E-state index contributed by atoms with van der Waals surface area (Å²) in [5.41, 5.74) is 5.17. The summed E-state index contributed by atoms with van der Waals surface area (Å²) in [4.78, 5) is 24.0. The van der Waals surface area contributed by atoms with E-state index >= 15 is 0 Å². The van der Waals surface area contributed by atoms with Crippen LogP contribution in [-0.2, 0) is 6.54 Å². The molecule has 1 aliphatic heterocycles. The molecule has 0 atom stereocenters. The zero-order valence-corrected chi connectivity index (χ0v) is 15.5. The SMILES string of the molecule is Cc1ccc(C(=O)C2=CCC=CN2Cc2cnc3cc(C#N)ccc3n2)cc1. The van der Waals surface area contributed by atoms with Crippen molar-refractivity contribution in [2.45, 2.75) is 19.9 Å². The molecule has 136 valence electrons. The van der Waals surface area contributed by atoms with Crippen LogP contribution in [0.25, 0.3) is 11.0 Å². The molecule has 2 aromatic carbocycles. The van der Waals surface area contributed by atoms with Gasteiger partial charge in [0.2, 0.25) is 5.78 Å². The van der Waals surface area contributed by atoms with Crippen molar-refractivity contribution in [3.63, 3.8) is 0 Å². The van der Waals surface area contributed by atoms with E-state index in [4.69, 9.17) is 5.26 Å². The molecule has 1 aliphatic rings. The molecule has 28 heavy (non-hydrogen) atoms. The summed E-state index contributed by atoms with van der Waals surface area (Å²) in [5, 5.41) is 9.01. The van der Waals surface area contributed by atoms with Gasteiger partial charge in [-0.3, -0.25) is 9.78 Å². The van der Waals surface area contributed by atoms with Gasteiger partial charge < -0.3 is 4.90 Å². The predicted octanol–water partition coefficient (Wildman–Crippen LogP) is 4.30. The quantitative estimate of drug-likeness (QED) is 0.644. The number of nitriles is 1. The minimum Gasteiger partial charge on any atom is -0.339 e. The molecule has 0 N–H and O–H groups in total. The molecule has 0 radical (unpaired) electrons. The molecule has 0 saturated carbocycles. The fourth-order valence-corrected chi connectivity index (χ4v) is 3.15. The number of aromatic nitrogens is 2. The van der Waals surface area contributed by atoms with Gasteiger partial charge in [-0.05, 0) is 31.5 Å². The number of aryl methyl sites for hydroxylation is 1. The first-order valence-corrected chi connectivity index (χ1v) is 9.04. The zero-order chi connectivity index (χ0) is 19.5. The molecular formula is C23H18N4O. The molecule has 3 aromatic rings. The molecular weight excluding hydrogens is 348 g/mol.